The zero-order chi connectivity index (χ0) is 21.7. The highest BCUT2D eigenvalue weighted by Crippen LogP contribution is 2.21. The van der Waals surface area contributed by atoms with Crippen LogP contribution >= 0.6 is 0 Å². The van der Waals surface area contributed by atoms with E-state index in [9.17, 15) is 12.8 Å². The summed E-state index contributed by atoms with van der Waals surface area (Å²) in [6.07, 6.45) is 7.61. The topological polar surface area (TPSA) is 59.1 Å². The van der Waals surface area contributed by atoms with Crippen molar-refractivity contribution in [1.82, 2.24) is 9.71 Å². The highest BCUT2D eigenvalue weighted by molar-refractivity contribution is 7.89. The van der Waals surface area contributed by atoms with Gasteiger partial charge in [0.2, 0.25) is 10.0 Å². The van der Waals surface area contributed by atoms with Crippen LogP contribution in [0.3, 0.4) is 0 Å². The fraction of sp³-hybridized carbons (Fsp3) is 0.160. The van der Waals surface area contributed by atoms with E-state index < -0.39 is 16.7 Å². The molecule has 1 aliphatic rings. The summed E-state index contributed by atoms with van der Waals surface area (Å²) >= 11 is 0. The molecule has 6 heteroatoms. The molecule has 0 amide bonds. The molecule has 0 aliphatic heterocycles. The van der Waals surface area contributed by atoms with Gasteiger partial charge in [0.05, 0.1) is 4.90 Å². The van der Waals surface area contributed by atoms with Gasteiger partial charge in [-0.1, -0.05) is 42.2 Å². The minimum Gasteiger partial charge on any atom is -0.261 e. The van der Waals surface area contributed by atoms with E-state index in [1.165, 1.54) is 12.1 Å². The molecule has 0 saturated heterocycles. The van der Waals surface area contributed by atoms with Crippen LogP contribution in [0.4, 0.5) is 4.39 Å². The van der Waals surface area contributed by atoms with E-state index in [-0.39, 0.29) is 11.4 Å². The summed E-state index contributed by atoms with van der Waals surface area (Å²) in [5.41, 5.74) is 4.70. The number of sulfonamides is 1. The summed E-state index contributed by atoms with van der Waals surface area (Å²) in [7, 11) is -3.67. The molecule has 3 aromatic rings. The van der Waals surface area contributed by atoms with Crippen LogP contribution in [-0.2, 0) is 29.7 Å². The standard InChI is InChI=1S/C25H21FN2O2S/c26-17-21-6-2-1-5-20(21)12-9-19-10-13-23(14-11-19)31(29,30)28-18-22-15-16-27-25-8-4-3-7-24(22)25/h1-3,5-7,10-11,13-16,28H,4,8,17-18H2. The summed E-state index contributed by atoms with van der Waals surface area (Å²) < 4.78 is 41.2. The van der Waals surface area contributed by atoms with Crippen LogP contribution < -0.4 is 4.72 Å². The number of aryl methyl sites for hydroxylation is 1. The molecule has 0 saturated carbocycles. The molecule has 0 radical (unpaired) electrons. The Morgan fingerprint density at radius 3 is 2.61 bits per heavy atom. The van der Waals surface area contributed by atoms with Crippen molar-refractivity contribution < 1.29 is 12.8 Å². The number of rotatable bonds is 5. The second-order valence-electron chi connectivity index (χ2n) is 7.16. The highest BCUT2D eigenvalue weighted by atomic mass is 32.2. The Morgan fingerprint density at radius 1 is 1.00 bits per heavy atom. The molecule has 0 unspecified atom stereocenters. The number of alkyl halides is 1. The number of pyridine rings is 1. The number of aromatic nitrogens is 1. The van der Waals surface area contributed by atoms with Crippen molar-refractivity contribution in [3.63, 3.8) is 0 Å². The largest absolute Gasteiger partial charge is 0.261 e. The third-order valence-corrected chi connectivity index (χ3v) is 6.53. The smallest absolute Gasteiger partial charge is 0.240 e. The number of hydrogen-bond acceptors (Lipinski definition) is 3. The first-order valence-corrected chi connectivity index (χ1v) is 11.4. The first-order chi connectivity index (χ1) is 15.1. The number of nitrogens with zero attached hydrogens (tertiary/aromatic N) is 1. The molecule has 1 aromatic heterocycles. The molecule has 1 heterocycles. The normalized spacial score (nSPS) is 12.7. The molecule has 0 bridgehead atoms. The van der Waals surface area contributed by atoms with Crippen LogP contribution in [0.1, 0.15) is 39.9 Å². The van der Waals surface area contributed by atoms with Gasteiger partial charge in [0.1, 0.15) is 6.67 Å². The molecular weight excluding hydrogens is 411 g/mol. The lowest BCUT2D eigenvalue weighted by molar-refractivity contribution is 0.484. The Bertz CT molecular complexity index is 1290. The van der Waals surface area contributed by atoms with Gasteiger partial charge in [-0.25, -0.2) is 17.5 Å². The number of halogens is 1. The lowest BCUT2D eigenvalue weighted by atomic mass is 9.98. The van der Waals surface area contributed by atoms with E-state index in [2.05, 4.69) is 27.6 Å². The molecule has 0 spiro atoms. The van der Waals surface area contributed by atoms with Crippen molar-refractivity contribution in [2.45, 2.75) is 31.0 Å². The van der Waals surface area contributed by atoms with Gasteiger partial charge < -0.3 is 0 Å². The molecule has 0 fully saturated rings. The Balaban J connectivity index is 1.48. The van der Waals surface area contributed by atoms with Gasteiger partial charge in [-0.15, -0.1) is 0 Å². The third kappa shape index (κ3) is 4.91. The number of benzene rings is 2. The van der Waals surface area contributed by atoms with Crippen molar-refractivity contribution in [1.29, 1.82) is 0 Å². The number of fused-ring (bicyclic) bond motifs is 1. The van der Waals surface area contributed by atoms with E-state index in [0.29, 0.717) is 16.7 Å². The van der Waals surface area contributed by atoms with Crippen LogP contribution in [0.5, 0.6) is 0 Å². The Kier molecular flexibility index (Phi) is 6.26. The van der Waals surface area contributed by atoms with Gasteiger partial charge in [0.25, 0.3) is 0 Å². The predicted molar refractivity (Wildman–Crippen MR) is 119 cm³/mol. The van der Waals surface area contributed by atoms with Crippen molar-refractivity contribution in [3.05, 3.63) is 100 Å². The van der Waals surface area contributed by atoms with Gasteiger partial charge in [-0.3, -0.25) is 4.98 Å². The van der Waals surface area contributed by atoms with Crippen LogP contribution in [0.25, 0.3) is 6.08 Å². The van der Waals surface area contributed by atoms with Crippen molar-refractivity contribution in [2.24, 2.45) is 0 Å². The van der Waals surface area contributed by atoms with E-state index >= 15 is 0 Å². The van der Waals surface area contributed by atoms with Crippen LogP contribution in [0.15, 0.2) is 71.8 Å². The quantitative estimate of drug-likeness (QED) is 0.609. The van der Waals surface area contributed by atoms with E-state index in [1.807, 2.05) is 12.1 Å². The summed E-state index contributed by atoms with van der Waals surface area (Å²) in [4.78, 5) is 4.55. The zero-order valence-corrected chi connectivity index (χ0v) is 17.6. The summed E-state index contributed by atoms with van der Waals surface area (Å²) in [5, 5.41) is 0. The van der Waals surface area contributed by atoms with Gasteiger partial charge in [0, 0.05) is 35.1 Å². The lowest BCUT2D eigenvalue weighted by Crippen LogP contribution is -2.24. The number of hydrogen-bond donors (Lipinski definition) is 1. The molecule has 4 nitrogen and oxygen atoms in total. The molecule has 31 heavy (non-hydrogen) atoms. The first kappa shape index (κ1) is 21.0. The zero-order valence-electron chi connectivity index (χ0n) is 16.8. The molecule has 0 atom stereocenters. The average Bonchev–Trinajstić information content (AvgIpc) is 2.82. The van der Waals surface area contributed by atoms with Crippen molar-refractivity contribution in [2.75, 3.05) is 0 Å². The monoisotopic (exact) mass is 432 g/mol. The minimum absolute atomic E-state index is 0.167. The number of allylic oxidation sites excluding steroid dienone is 1. The second kappa shape index (κ2) is 9.25. The Labute approximate surface area is 181 Å². The predicted octanol–water partition coefficient (Wildman–Crippen LogP) is 4.39. The highest BCUT2D eigenvalue weighted by Gasteiger charge is 2.16. The molecule has 2 aromatic carbocycles. The lowest BCUT2D eigenvalue weighted by Gasteiger charge is -2.14. The Hall–Kier alpha value is -3.27. The van der Waals surface area contributed by atoms with Gasteiger partial charge in [0.15, 0.2) is 0 Å². The van der Waals surface area contributed by atoms with E-state index in [0.717, 1.165) is 29.7 Å². The fourth-order valence-electron chi connectivity index (χ4n) is 3.41. The molecular formula is C25H21FN2O2S. The summed E-state index contributed by atoms with van der Waals surface area (Å²) in [5.74, 6) is 5.91. The van der Waals surface area contributed by atoms with Crippen LogP contribution in [0, 0.1) is 11.8 Å². The SMILES string of the molecule is O=S(=O)(NCc1ccnc2c1C=CCC2)c1ccc(C#Cc2ccccc2CF)cc1. The summed E-state index contributed by atoms with van der Waals surface area (Å²) in [6.45, 7) is -0.386. The molecule has 1 aliphatic carbocycles. The maximum Gasteiger partial charge on any atom is 0.240 e. The van der Waals surface area contributed by atoms with Gasteiger partial charge in [-0.05, 0) is 60.4 Å². The summed E-state index contributed by atoms with van der Waals surface area (Å²) in [6, 6.07) is 15.2. The van der Waals surface area contributed by atoms with Crippen LogP contribution in [-0.4, -0.2) is 13.4 Å². The van der Waals surface area contributed by atoms with Crippen molar-refractivity contribution >= 4 is 16.1 Å². The fourth-order valence-corrected chi connectivity index (χ4v) is 4.42. The first-order valence-electron chi connectivity index (χ1n) is 9.96. The van der Waals surface area contributed by atoms with Crippen molar-refractivity contribution in [3.8, 4) is 11.8 Å². The maximum atomic E-state index is 13.0. The Morgan fingerprint density at radius 2 is 1.81 bits per heavy atom. The molecule has 1 N–H and O–H groups in total. The minimum atomic E-state index is -3.67. The maximum absolute atomic E-state index is 13.0. The molecule has 156 valence electrons. The van der Waals surface area contributed by atoms with E-state index in [4.69, 9.17) is 0 Å². The second-order valence-corrected chi connectivity index (χ2v) is 8.93. The van der Waals surface area contributed by atoms with Gasteiger partial charge >= 0.3 is 0 Å². The molecule has 4 rings (SSSR count). The van der Waals surface area contributed by atoms with Crippen LogP contribution in [0.2, 0.25) is 0 Å². The average molecular weight is 433 g/mol. The number of nitrogens with one attached hydrogen (secondary N) is 1. The van der Waals surface area contributed by atoms with Gasteiger partial charge in [-0.2, -0.15) is 0 Å². The van der Waals surface area contributed by atoms with E-state index in [1.54, 1.807) is 42.6 Å². The third-order valence-electron chi connectivity index (χ3n) is 5.12.